The van der Waals surface area contributed by atoms with E-state index in [0.29, 0.717) is 18.5 Å². The minimum Gasteiger partial charge on any atom is -0.396 e. The Morgan fingerprint density at radius 3 is 2.39 bits per heavy atom. The van der Waals surface area contributed by atoms with E-state index >= 15 is 0 Å². The molecule has 28 heavy (non-hydrogen) atoms. The fourth-order valence-electron chi connectivity index (χ4n) is 3.81. The lowest BCUT2D eigenvalue weighted by atomic mass is 9.91. The van der Waals surface area contributed by atoms with Gasteiger partial charge in [0.05, 0.1) is 0 Å². The highest BCUT2D eigenvalue weighted by Gasteiger charge is 2.46. The number of aliphatic hydroxyl groups excluding tert-OH is 1. The van der Waals surface area contributed by atoms with Crippen molar-refractivity contribution in [3.63, 3.8) is 0 Å². The molecule has 2 aromatic carbocycles. The van der Waals surface area contributed by atoms with E-state index in [9.17, 15) is 8.78 Å². The van der Waals surface area contributed by atoms with Crippen LogP contribution in [0, 0.1) is 13.8 Å². The Hall–Kier alpha value is -2.20. The Morgan fingerprint density at radius 2 is 1.82 bits per heavy atom. The number of halogens is 2. The summed E-state index contributed by atoms with van der Waals surface area (Å²) in [6.45, 7) is 7.72. The van der Waals surface area contributed by atoms with Crippen LogP contribution in [-0.4, -0.2) is 18.4 Å². The van der Waals surface area contributed by atoms with Gasteiger partial charge in [0.2, 0.25) is 0 Å². The van der Waals surface area contributed by atoms with E-state index in [1.165, 1.54) is 5.56 Å². The second-order valence-corrected chi connectivity index (χ2v) is 7.84. The smallest absolute Gasteiger partial charge is 0.154 e. The van der Waals surface area contributed by atoms with Crippen LogP contribution in [0.3, 0.4) is 0 Å². The zero-order valence-corrected chi connectivity index (χ0v) is 16.7. The van der Waals surface area contributed by atoms with Crippen molar-refractivity contribution >= 4 is 0 Å². The third-order valence-electron chi connectivity index (χ3n) is 5.96. The molecule has 1 saturated carbocycles. The summed E-state index contributed by atoms with van der Waals surface area (Å²) >= 11 is 0. The van der Waals surface area contributed by atoms with Crippen molar-refractivity contribution in [2.75, 3.05) is 13.3 Å². The zero-order valence-electron chi connectivity index (χ0n) is 16.7. The van der Waals surface area contributed by atoms with Gasteiger partial charge in [-0.05, 0) is 66.5 Å². The molecule has 150 valence electrons. The van der Waals surface area contributed by atoms with Crippen molar-refractivity contribution in [1.29, 1.82) is 0 Å². The summed E-state index contributed by atoms with van der Waals surface area (Å²) in [6.07, 6.45) is 1.10. The molecule has 2 N–H and O–H groups in total. The molecule has 0 spiro atoms. The summed E-state index contributed by atoms with van der Waals surface area (Å²) in [5.41, 5.74) is 6.38. The summed E-state index contributed by atoms with van der Waals surface area (Å²) in [5, 5.41) is 12.5. The fraction of sp³-hybridized carbons (Fsp3) is 0.417. The molecule has 1 fully saturated rings. The first-order chi connectivity index (χ1) is 13.4. The molecule has 1 atom stereocenters. The molecule has 0 saturated heterocycles. The predicted octanol–water partition coefficient (Wildman–Crippen LogP) is 5.15. The Bertz CT molecular complexity index is 840. The molecule has 0 heterocycles. The predicted molar refractivity (Wildman–Crippen MR) is 110 cm³/mol. The average Bonchev–Trinajstić information content (AvgIpc) is 3.50. The summed E-state index contributed by atoms with van der Waals surface area (Å²) in [4.78, 5) is 0. The molecule has 4 heteroatoms. The van der Waals surface area contributed by atoms with Crippen LogP contribution in [0.5, 0.6) is 0 Å². The number of nitrogens with one attached hydrogen (secondary N) is 1. The van der Waals surface area contributed by atoms with Gasteiger partial charge in [-0.25, -0.2) is 8.78 Å². The third kappa shape index (κ3) is 4.12. The van der Waals surface area contributed by atoms with Gasteiger partial charge in [0, 0.05) is 24.3 Å². The quantitative estimate of drug-likeness (QED) is 0.625. The van der Waals surface area contributed by atoms with Crippen LogP contribution in [0.4, 0.5) is 8.78 Å². The Balaban J connectivity index is 1.74. The summed E-state index contributed by atoms with van der Waals surface area (Å²) < 4.78 is 27.1. The minimum absolute atomic E-state index is 0.0904. The topological polar surface area (TPSA) is 32.3 Å². The van der Waals surface area contributed by atoms with Gasteiger partial charge < -0.3 is 10.4 Å². The summed E-state index contributed by atoms with van der Waals surface area (Å²) in [5.74, 6) is 0. The molecule has 0 aromatic heterocycles. The van der Waals surface area contributed by atoms with Gasteiger partial charge in [-0.3, -0.25) is 0 Å². The maximum Gasteiger partial charge on any atom is 0.154 e. The van der Waals surface area contributed by atoms with E-state index in [1.807, 2.05) is 19.9 Å². The van der Waals surface area contributed by atoms with Gasteiger partial charge in [-0.2, -0.15) is 0 Å². The van der Waals surface area contributed by atoms with Gasteiger partial charge in [-0.1, -0.05) is 43.0 Å². The maximum atomic E-state index is 14.1. The Labute approximate surface area is 166 Å². The molecular formula is C24H29F2NO. The molecule has 0 radical (unpaired) electrons. The van der Waals surface area contributed by atoms with Crippen LogP contribution in [0.1, 0.15) is 52.4 Å². The van der Waals surface area contributed by atoms with Crippen LogP contribution in [-0.2, 0) is 18.4 Å². The number of rotatable bonds is 9. The van der Waals surface area contributed by atoms with Crippen LogP contribution >= 0.6 is 0 Å². The van der Waals surface area contributed by atoms with Crippen LogP contribution in [0.25, 0.3) is 0 Å². The number of allylic oxidation sites excluding steroid dienone is 1. The lowest BCUT2D eigenvalue weighted by Crippen LogP contribution is -2.24. The normalized spacial score (nSPS) is 15.9. The molecule has 2 aromatic rings. The molecule has 1 aliphatic rings. The third-order valence-corrected chi connectivity index (χ3v) is 5.96. The van der Waals surface area contributed by atoms with Crippen LogP contribution in [0.15, 0.2) is 48.7 Å². The van der Waals surface area contributed by atoms with E-state index in [4.69, 9.17) is 5.11 Å². The van der Waals surface area contributed by atoms with Crippen molar-refractivity contribution in [3.8, 4) is 0 Å². The molecule has 0 aliphatic heterocycles. The molecule has 1 unspecified atom stereocenters. The molecule has 2 nitrogen and oxygen atoms in total. The second kappa shape index (κ2) is 8.44. The van der Waals surface area contributed by atoms with Gasteiger partial charge >= 0.3 is 0 Å². The molecule has 0 amide bonds. The first-order valence-electron chi connectivity index (χ1n) is 9.85. The SMILES string of the molecule is C=C(NCc1cc(C)c(C)cc1C(F)CF)C1(c2ccc(CCO)cc2)CC1. The van der Waals surface area contributed by atoms with Crippen LogP contribution in [0.2, 0.25) is 0 Å². The van der Waals surface area contributed by atoms with E-state index in [1.54, 1.807) is 6.07 Å². The van der Waals surface area contributed by atoms with Crippen LogP contribution < -0.4 is 5.32 Å². The first kappa shape index (κ1) is 20.5. The number of hydrogen-bond acceptors (Lipinski definition) is 2. The van der Waals surface area contributed by atoms with Gasteiger partial charge in [0.15, 0.2) is 6.17 Å². The number of aliphatic hydroxyl groups is 1. The van der Waals surface area contributed by atoms with Gasteiger partial charge in [-0.15, -0.1) is 0 Å². The standard InChI is InChI=1S/C24H29F2NO/c1-16-12-20(22(13-17(16)2)23(26)14-25)15-27-18(3)24(9-10-24)21-6-4-19(5-7-21)8-11-28/h4-7,12-13,23,27-28H,3,8-11,14-15H2,1-2H3. The Morgan fingerprint density at radius 1 is 1.18 bits per heavy atom. The summed E-state index contributed by atoms with van der Waals surface area (Å²) in [6, 6.07) is 12.0. The lowest BCUT2D eigenvalue weighted by Gasteiger charge is -2.22. The number of aryl methyl sites for hydroxylation is 2. The number of alkyl halides is 2. The minimum atomic E-state index is -1.60. The Kier molecular flexibility index (Phi) is 6.19. The fourth-order valence-corrected chi connectivity index (χ4v) is 3.81. The van der Waals surface area contributed by atoms with Gasteiger partial charge in [0.25, 0.3) is 0 Å². The van der Waals surface area contributed by atoms with E-state index in [2.05, 4.69) is 36.2 Å². The number of hydrogen-bond donors (Lipinski definition) is 2. The number of benzene rings is 2. The van der Waals surface area contributed by atoms with Gasteiger partial charge in [0.1, 0.15) is 6.67 Å². The van der Waals surface area contributed by atoms with E-state index < -0.39 is 12.8 Å². The second-order valence-electron chi connectivity index (χ2n) is 7.84. The van der Waals surface area contributed by atoms with Crippen molar-refractivity contribution in [2.45, 2.75) is 51.2 Å². The first-order valence-corrected chi connectivity index (χ1v) is 9.85. The monoisotopic (exact) mass is 385 g/mol. The van der Waals surface area contributed by atoms with Crippen molar-refractivity contribution in [1.82, 2.24) is 5.32 Å². The highest BCUT2D eigenvalue weighted by Crippen LogP contribution is 2.52. The lowest BCUT2D eigenvalue weighted by molar-refractivity contribution is 0.264. The maximum absolute atomic E-state index is 14.1. The molecule has 3 rings (SSSR count). The zero-order chi connectivity index (χ0) is 20.3. The molecule has 1 aliphatic carbocycles. The highest BCUT2D eigenvalue weighted by molar-refractivity contribution is 5.43. The van der Waals surface area contributed by atoms with Crippen molar-refractivity contribution in [2.24, 2.45) is 0 Å². The highest BCUT2D eigenvalue weighted by atomic mass is 19.2. The molecular weight excluding hydrogens is 356 g/mol. The summed E-state index contributed by atoms with van der Waals surface area (Å²) in [7, 11) is 0. The average molecular weight is 385 g/mol. The van der Waals surface area contributed by atoms with E-state index in [-0.39, 0.29) is 12.0 Å². The largest absolute Gasteiger partial charge is 0.396 e. The van der Waals surface area contributed by atoms with Crippen molar-refractivity contribution < 1.29 is 13.9 Å². The molecule has 0 bridgehead atoms. The van der Waals surface area contributed by atoms with Crippen molar-refractivity contribution in [3.05, 3.63) is 82.1 Å². The van der Waals surface area contributed by atoms with E-state index in [0.717, 1.165) is 40.8 Å².